The number of nitro benzene ring substituents is 1. The number of nitrogens with zero attached hydrogens (tertiary/aromatic N) is 4. The number of nitro groups is 1. The number of sulfone groups is 1. The van der Waals surface area contributed by atoms with Gasteiger partial charge < -0.3 is 19.4 Å². The van der Waals surface area contributed by atoms with Crippen LogP contribution in [0.2, 0.25) is 0 Å². The second-order valence-corrected chi connectivity index (χ2v) is 21.7. The molecule has 4 aromatic rings. The van der Waals surface area contributed by atoms with Gasteiger partial charge in [0.1, 0.15) is 28.6 Å². The minimum atomic E-state index is -4.34. The lowest BCUT2D eigenvalue weighted by atomic mass is 9.31. The Morgan fingerprint density at radius 1 is 1.02 bits per heavy atom. The number of piperazine rings is 1. The van der Waals surface area contributed by atoms with Crippen LogP contribution in [0.15, 0.2) is 77.0 Å². The van der Waals surface area contributed by atoms with Gasteiger partial charge in [-0.25, -0.2) is 17.8 Å². The number of ketones is 1. The van der Waals surface area contributed by atoms with Crippen LogP contribution < -0.4 is 9.64 Å². The number of allylic oxidation sites excluding steroid dienone is 1. The zero-order valence-electron chi connectivity index (χ0n) is 36.1. The molecule has 0 amide bonds. The third kappa shape index (κ3) is 8.42. The van der Waals surface area contributed by atoms with Crippen molar-refractivity contribution in [1.29, 1.82) is 0 Å². The summed E-state index contributed by atoms with van der Waals surface area (Å²) in [6, 6.07) is 12.5. The predicted molar refractivity (Wildman–Crippen MR) is 237 cm³/mol. The van der Waals surface area contributed by atoms with Crippen LogP contribution in [0.3, 0.4) is 0 Å². The Morgan fingerprint density at radius 3 is 2.50 bits per heavy atom. The first-order valence-corrected chi connectivity index (χ1v) is 24.0. The quantitative estimate of drug-likeness (QED) is 0.0530. The van der Waals surface area contributed by atoms with Gasteiger partial charge in [-0.05, 0) is 97.9 Å². The molecule has 0 spiro atoms. The highest BCUT2D eigenvalue weighted by atomic mass is 32.2. The molecule has 10 rings (SSSR count). The molecular formula is C48H58FN5O7S. The first kappa shape index (κ1) is 42.6. The van der Waals surface area contributed by atoms with Gasteiger partial charge in [0.05, 0.1) is 21.6 Å². The third-order valence-corrected chi connectivity index (χ3v) is 16.5. The number of rotatable bonds is 15. The van der Waals surface area contributed by atoms with Gasteiger partial charge in [-0.3, -0.25) is 19.8 Å². The maximum Gasteiger partial charge on any atom is 0.273 e. The fourth-order valence-electron chi connectivity index (χ4n) is 11.1. The van der Waals surface area contributed by atoms with E-state index in [4.69, 9.17) is 9.47 Å². The average molecular weight is 868 g/mol. The van der Waals surface area contributed by atoms with Crippen molar-refractivity contribution in [2.45, 2.75) is 102 Å². The Morgan fingerprint density at radius 2 is 1.77 bits per heavy atom. The molecule has 5 fully saturated rings. The monoisotopic (exact) mass is 867 g/mol. The Bertz CT molecular complexity index is 2520. The van der Waals surface area contributed by atoms with Crippen LogP contribution in [-0.2, 0) is 21.0 Å². The second-order valence-electron chi connectivity index (χ2n) is 19.7. The summed E-state index contributed by atoms with van der Waals surface area (Å²) < 4.78 is 54.5. The predicted octanol–water partition coefficient (Wildman–Crippen LogP) is 9.58. The highest BCUT2D eigenvalue weighted by molar-refractivity contribution is 7.92. The molecule has 1 N–H and O–H groups in total. The molecule has 6 aliphatic rings. The first-order chi connectivity index (χ1) is 29.6. The summed E-state index contributed by atoms with van der Waals surface area (Å²) in [6.07, 6.45) is 12.9. The van der Waals surface area contributed by atoms with E-state index in [1.165, 1.54) is 57.1 Å². The lowest BCUT2D eigenvalue weighted by Gasteiger charge is -2.73. The maximum atomic E-state index is 15.3. The summed E-state index contributed by atoms with van der Waals surface area (Å²) in [6.45, 7) is 12.2. The van der Waals surface area contributed by atoms with Gasteiger partial charge in [-0.15, -0.1) is 0 Å². The molecule has 2 saturated heterocycles. The number of nitrogens with one attached hydrogen (secondary N) is 1. The number of benzene rings is 2. The van der Waals surface area contributed by atoms with Crippen molar-refractivity contribution in [2.24, 2.45) is 16.2 Å². The number of ether oxygens (including phenoxy) is 2. The number of fused-ring (bicyclic) bond motifs is 1. The van der Waals surface area contributed by atoms with Gasteiger partial charge in [0.25, 0.3) is 5.69 Å². The van der Waals surface area contributed by atoms with Crippen molar-refractivity contribution in [3.63, 3.8) is 0 Å². The average Bonchev–Trinajstić information content (AvgIpc) is 3.68. The zero-order chi connectivity index (χ0) is 43.5. The Kier molecular flexibility index (Phi) is 11.1. The van der Waals surface area contributed by atoms with E-state index in [1.54, 1.807) is 41.7 Å². The number of hydrogen-bond donors (Lipinski definition) is 1. The number of carbonyl (C=O) groups excluding carboxylic acids is 1. The Balaban J connectivity index is 0.921. The number of anilines is 1. The van der Waals surface area contributed by atoms with Crippen LogP contribution in [0, 0.1) is 26.4 Å². The van der Waals surface area contributed by atoms with E-state index in [0.717, 1.165) is 49.9 Å². The number of pyridine rings is 1. The first-order valence-electron chi connectivity index (χ1n) is 22.3. The molecule has 0 unspecified atom stereocenters. The summed E-state index contributed by atoms with van der Waals surface area (Å²) in [7, 11) is -4.34. The molecule has 2 bridgehead atoms. The minimum Gasteiger partial charge on any atom is -0.455 e. The standard InChI is InChI=1S/C48H58FN5O7S/c1-4-46-30-47(31-46,32-46)40-26-45(2,3)12-9-35(40)28-52-17-19-53(20-18-52)36-6-8-39(43(24-36)61-37-23-34-11-16-50-44(34)51-27-37)42(55)29-62(58,59)38-7-5-33(41(25-38)54(56)57)10-13-48(49)14-21-60-22-15-48/h5-8,11,16,23-25,27H,4,9-10,12-15,17-22,26,28-32H2,1-3H3,(H,50,51). The molecule has 2 aromatic heterocycles. The maximum absolute atomic E-state index is 15.3. The fraction of sp³-hybridized carbons (Fsp3) is 0.542. The number of aryl methyl sites for hydroxylation is 1. The second kappa shape index (κ2) is 16.2. The van der Waals surface area contributed by atoms with Crippen molar-refractivity contribution >= 4 is 38.0 Å². The SMILES string of the molecule is CCC12CC(C3=C(CN4CCN(c5ccc(C(=O)CS(=O)(=O)c6ccc(CCC7(F)CCOCC7)c([N+](=O)[O-])c6)c(Oc6cnc7[nH]ccc7c6)c5)CC4)CCC(C)(C)C3)(C1)C2. The summed E-state index contributed by atoms with van der Waals surface area (Å²) in [4.78, 5) is 37.5. The Labute approximate surface area is 363 Å². The number of carbonyl (C=O) groups is 1. The largest absolute Gasteiger partial charge is 0.455 e. The zero-order valence-corrected chi connectivity index (χ0v) is 37.0. The molecule has 14 heteroatoms. The molecule has 4 heterocycles. The van der Waals surface area contributed by atoms with Crippen molar-refractivity contribution in [1.82, 2.24) is 14.9 Å². The molecule has 12 nitrogen and oxygen atoms in total. The van der Waals surface area contributed by atoms with E-state index >= 15 is 4.39 Å². The molecule has 2 aliphatic heterocycles. The van der Waals surface area contributed by atoms with Crippen molar-refractivity contribution in [3.05, 3.63) is 93.3 Å². The molecule has 0 radical (unpaired) electrons. The van der Waals surface area contributed by atoms with Crippen molar-refractivity contribution in [3.8, 4) is 11.5 Å². The van der Waals surface area contributed by atoms with Gasteiger partial charge in [-0.2, -0.15) is 0 Å². The third-order valence-electron chi connectivity index (χ3n) is 14.9. The van der Waals surface area contributed by atoms with Crippen LogP contribution in [0.4, 0.5) is 15.8 Å². The lowest BCUT2D eigenvalue weighted by molar-refractivity contribution is -0.385. The number of halogens is 1. The highest BCUT2D eigenvalue weighted by Crippen LogP contribution is 2.79. The highest BCUT2D eigenvalue weighted by Gasteiger charge is 2.68. The van der Waals surface area contributed by atoms with Crippen LogP contribution in [0.1, 0.15) is 101 Å². The van der Waals surface area contributed by atoms with Crippen LogP contribution in [-0.4, -0.2) is 91.4 Å². The van der Waals surface area contributed by atoms with E-state index in [-0.39, 0.29) is 60.7 Å². The lowest BCUT2D eigenvalue weighted by Crippen LogP contribution is -2.63. The molecule has 0 atom stereocenters. The van der Waals surface area contributed by atoms with E-state index in [1.807, 2.05) is 12.1 Å². The number of hydrogen-bond acceptors (Lipinski definition) is 10. The molecule has 2 aromatic carbocycles. The normalized spacial score (nSPS) is 24.7. The smallest absolute Gasteiger partial charge is 0.273 e. The van der Waals surface area contributed by atoms with Gasteiger partial charge in [0, 0.05) is 93.7 Å². The van der Waals surface area contributed by atoms with Crippen molar-refractivity contribution < 1.29 is 32.0 Å². The van der Waals surface area contributed by atoms with Gasteiger partial charge in [0.2, 0.25) is 0 Å². The van der Waals surface area contributed by atoms with Gasteiger partial charge in [0.15, 0.2) is 15.6 Å². The summed E-state index contributed by atoms with van der Waals surface area (Å²) in [5.41, 5.74) is 4.78. The summed E-state index contributed by atoms with van der Waals surface area (Å²) >= 11 is 0. The van der Waals surface area contributed by atoms with E-state index in [2.05, 4.69) is 40.5 Å². The summed E-state index contributed by atoms with van der Waals surface area (Å²) in [5.74, 6) is -1.08. The van der Waals surface area contributed by atoms with E-state index < -0.39 is 37.7 Å². The van der Waals surface area contributed by atoms with Gasteiger partial charge in [-0.1, -0.05) is 44.4 Å². The number of alkyl halides is 1. The minimum absolute atomic E-state index is 0.0563. The molecule has 330 valence electrons. The molecule has 4 aliphatic carbocycles. The van der Waals surface area contributed by atoms with Crippen LogP contribution >= 0.6 is 0 Å². The van der Waals surface area contributed by atoms with Crippen LogP contribution in [0.5, 0.6) is 11.5 Å². The number of aromatic amines is 1. The molecular weight excluding hydrogens is 810 g/mol. The van der Waals surface area contributed by atoms with Crippen LogP contribution in [0.25, 0.3) is 11.0 Å². The molecule has 62 heavy (non-hydrogen) atoms. The Hall–Kier alpha value is -4.66. The number of aromatic nitrogens is 2. The summed E-state index contributed by atoms with van der Waals surface area (Å²) in [5, 5.41) is 12.9. The molecule has 3 saturated carbocycles. The topological polar surface area (TPSA) is 148 Å². The fourth-order valence-corrected chi connectivity index (χ4v) is 12.4. The number of H-pyrrole nitrogens is 1. The van der Waals surface area contributed by atoms with Crippen molar-refractivity contribution in [2.75, 3.05) is 56.6 Å². The van der Waals surface area contributed by atoms with E-state index in [0.29, 0.717) is 27.6 Å². The van der Waals surface area contributed by atoms with E-state index in [9.17, 15) is 23.3 Å². The van der Waals surface area contributed by atoms with Gasteiger partial charge >= 0.3 is 0 Å². The number of Topliss-reactive ketones (excluding diaryl/α,β-unsaturated/α-hetero) is 1.